The van der Waals surface area contributed by atoms with E-state index in [0.717, 1.165) is 6.42 Å². The van der Waals surface area contributed by atoms with Gasteiger partial charge in [-0.25, -0.2) is 13.1 Å². The first-order valence-electron chi connectivity index (χ1n) is 5.19. The van der Waals surface area contributed by atoms with Gasteiger partial charge in [0.05, 0.1) is 5.25 Å². The van der Waals surface area contributed by atoms with Crippen molar-refractivity contribution < 1.29 is 8.42 Å². The van der Waals surface area contributed by atoms with E-state index in [4.69, 9.17) is 5.73 Å². The summed E-state index contributed by atoms with van der Waals surface area (Å²) in [5, 5.41) is -0.434. The molecule has 0 aromatic rings. The summed E-state index contributed by atoms with van der Waals surface area (Å²) in [4.78, 5) is 0. The predicted molar refractivity (Wildman–Crippen MR) is 57.3 cm³/mol. The van der Waals surface area contributed by atoms with Crippen LogP contribution in [0.4, 0.5) is 0 Å². The van der Waals surface area contributed by atoms with Crippen LogP contribution in [0, 0.1) is 11.8 Å². The van der Waals surface area contributed by atoms with Crippen molar-refractivity contribution in [3.8, 4) is 0 Å². The van der Waals surface area contributed by atoms with E-state index in [2.05, 4.69) is 11.6 Å². The van der Waals surface area contributed by atoms with E-state index in [-0.39, 0.29) is 6.54 Å². The third-order valence-electron chi connectivity index (χ3n) is 2.98. The van der Waals surface area contributed by atoms with E-state index in [1.54, 1.807) is 0 Å². The van der Waals surface area contributed by atoms with E-state index >= 15 is 0 Å². The molecule has 5 heteroatoms. The van der Waals surface area contributed by atoms with Crippen LogP contribution in [0.5, 0.6) is 0 Å². The molecule has 0 radical (unpaired) electrons. The third-order valence-corrected chi connectivity index (χ3v) is 4.95. The molecule has 14 heavy (non-hydrogen) atoms. The van der Waals surface area contributed by atoms with Gasteiger partial charge in [0.15, 0.2) is 0 Å². The molecule has 0 spiro atoms. The molecule has 3 atom stereocenters. The standard InChI is InChI=1S/C9H20N2O2S/c1-3-9(5-10)14(12,13)11-6-8-4-7(8)2/h7-9,11H,3-6,10H2,1-2H3. The zero-order chi connectivity index (χ0) is 10.8. The second-order valence-corrected chi connectivity index (χ2v) is 6.18. The topological polar surface area (TPSA) is 72.2 Å². The zero-order valence-corrected chi connectivity index (χ0v) is 9.68. The quantitative estimate of drug-likeness (QED) is 0.676. The van der Waals surface area contributed by atoms with Gasteiger partial charge in [-0.05, 0) is 24.7 Å². The molecule has 1 aliphatic rings. The molecule has 0 bridgehead atoms. The minimum Gasteiger partial charge on any atom is -0.329 e. The Hall–Kier alpha value is -0.130. The highest BCUT2D eigenvalue weighted by Gasteiger charge is 2.34. The first kappa shape index (κ1) is 11.9. The van der Waals surface area contributed by atoms with Crippen molar-refractivity contribution in [2.75, 3.05) is 13.1 Å². The Balaban J connectivity index is 2.40. The van der Waals surface area contributed by atoms with Gasteiger partial charge >= 0.3 is 0 Å². The summed E-state index contributed by atoms with van der Waals surface area (Å²) in [7, 11) is -3.18. The van der Waals surface area contributed by atoms with Gasteiger partial charge in [-0.1, -0.05) is 13.8 Å². The van der Waals surface area contributed by atoms with Crippen molar-refractivity contribution in [2.45, 2.75) is 31.9 Å². The molecule has 0 aromatic heterocycles. The monoisotopic (exact) mass is 220 g/mol. The Morgan fingerprint density at radius 3 is 2.50 bits per heavy atom. The fraction of sp³-hybridized carbons (Fsp3) is 1.00. The van der Waals surface area contributed by atoms with Crippen molar-refractivity contribution in [3.05, 3.63) is 0 Å². The predicted octanol–water partition coefficient (Wildman–Crippen LogP) is 0.299. The minimum absolute atomic E-state index is 0.200. The molecule has 0 saturated heterocycles. The molecule has 4 nitrogen and oxygen atoms in total. The molecule has 1 rings (SSSR count). The van der Waals surface area contributed by atoms with Crippen LogP contribution < -0.4 is 10.5 Å². The number of sulfonamides is 1. The molecule has 0 heterocycles. The highest BCUT2D eigenvalue weighted by atomic mass is 32.2. The van der Waals surface area contributed by atoms with Gasteiger partial charge in [0.2, 0.25) is 10.0 Å². The van der Waals surface area contributed by atoms with Crippen LogP contribution >= 0.6 is 0 Å². The molecule has 0 aromatic carbocycles. The SMILES string of the molecule is CCC(CN)S(=O)(=O)NCC1CC1C. The summed E-state index contributed by atoms with van der Waals surface area (Å²) in [5.74, 6) is 1.22. The first-order valence-corrected chi connectivity index (χ1v) is 6.74. The molecule has 1 saturated carbocycles. The van der Waals surface area contributed by atoms with Crippen LogP contribution in [-0.2, 0) is 10.0 Å². The lowest BCUT2D eigenvalue weighted by atomic mass is 10.3. The average molecular weight is 220 g/mol. The van der Waals surface area contributed by atoms with Gasteiger partial charge in [0.25, 0.3) is 0 Å². The molecule has 0 aliphatic heterocycles. The molecule has 1 fully saturated rings. The largest absolute Gasteiger partial charge is 0.329 e. The maximum absolute atomic E-state index is 11.6. The Kier molecular flexibility index (Phi) is 3.92. The molecular weight excluding hydrogens is 200 g/mol. The lowest BCUT2D eigenvalue weighted by Gasteiger charge is -2.14. The molecule has 84 valence electrons. The average Bonchev–Trinajstić information content (AvgIpc) is 2.80. The fourth-order valence-electron chi connectivity index (χ4n) is 1.54. The third kappa shape index (κ3) is 2.93. The van der Waals surface area contributed by atoms with Crippen LogP contribution in [-0.4, -0.2) is 26.8 Å². The normalized spacial score (nSPS) is 28.8. The fourth-order valence-corrected chi connectivity index (χ4v) is 2.91. The second kappa shape index (κ2) is 4.59. The van der Waals surface area contributed by atoms with Crippen LogP contribution in [0.25, 0.3) is 0 Å². The second-order valence-electron chi connectivity index (χ2n) is 4.13. The molecule has 3 unspecified atom stereocenters. The van der Waals surface area contributed by atoms with Crippen LogP contribution in [0.1, 0.15) is 26.7 Å². The van der Waals surface area contributed by atoms with Crippen molar-refractivity contribution in [1.29, 1.82) is 0 Å². The van der Waals surface area contributed by atoms with E-state index in [0.29, 0.717) is 24.8 Å². The van der Waals surface area contributed by atoms with Crippen LogP contribution in [0.2, 0.25) is 0 Å². The molecular formula is C9H20N2O2S. The number of hydrogen-bond acceptors (Lipinski definition) is 3. The number of hydrogen-bond donors (Lipinski definition) is 2. The lowest BCUT2D eigenvalue weighted by Crippen LogP contribution is -2.39. The van der Waals surface area contributed by atoms with Gasteiger partial charge in [0, 0.05) is 13.1 Å². The summed E-state index contributed by atoms with van der Waals surface area (Å²) in [6.45, 7) is 4.77. The maximum atomic E-state index is 11.6. The van der Waals surface area contributed by atoms with Crippen molar-refractivity contribution in [2.24, 2.45) is 17.6 Å². The van der Waals surface area contributed by atoms with Crippen molar-refractivity contribution >= 4 is 10.0 Å². The number of nitrogens with two attached hydrogens (primary N) is 1. The Bertz CT molecular complexity index is 273. The van der Waals surface area contributed by atoms with E-state index in [9.17, 15) is 8.42 Å². The summed E-state index contributed by atoms with van der Waals surface area (Å²) in [5.41, 5.74) is 5.40. The van der Waals surface area contributed by atoms with E-state index < -0.39 is 15.3 Å². The van der Waals surface area contributed by atoms with Crippen molar-refractivity contribution in [1.82, 2.24) is 4.72 Å². The van der Waals surface area contributed by atoms with Gasteiger partial charge in [-0.15, -0.1) is 0 Å². The Labute approximate surface area is 86.3 Å². The summed E-state index contributed by atoms with van der Waals surface area (Å²) >= 11 is 0. The highest BCUT2D eigenvalue weighted by molar-refractivity contribution is 7.90. The summed E-state index contributed by atoms with van der Waals surface area (Å²) in [6.07, 6.45) is 1.72. The molecule has 1 aliphatic carbocycles. The zero-order valence-electron chi connectivity index (χ0n) is 8.86. The maximum Gasteiger partial charge on any atom is 0.215 e. The Morgan fingerprint density at radius 2 is 2.14 bits per heavy atom. The van der Waals surface area contributed by atoms with E-state index in [1.807, 2.05) is 6.92 Å². The van der Waals surface area contributed by atoms with Gasteiger partial charge in [-0.2, -0.15) is 0 Å². The van der Waals surface area contributed by atoms with Crippen LogP contribution in [0.3, 0.4) is 0 Å². The molecule has 3 N–H and O–H groups in total. The highest BCUT2D eigenvalue weighted by Crippen LogP contribution is 2.36. The van der Waals surface area contributed by atoms with Gasteiger partial charge in [0.1, 0.15) is 0 Å². The summed E-state index contributed by atoms with van der Waals surface area (Å²) < 4.78 is 25.9. The van der Waals surface area contributed by atoms with Crippen molar-refractivity contribution in [3.63, 3.8) is 0 Å². The van der Waals surface area contributed by atoms with E-state index in [1.165, 1.54) is 0 Å². The van der Waals surface area contributed by atoms with Crippen LogP contribution in [0.15, 0.2) is 0 Å². The molecule has 0 amide bonds. The number of nitrogens with one attached hydrogen (secondary N) is 1. The van der Waals surface area contributed by atoms with Gasteiger partial charge in [-0.3, -0.25) is 0 Å². The minimum atomic E-state index is -3.18. The smallest absolute Gasteiger partial charge is 0.215 e. The number of rotatable bonds is 6. The lowest BCUT2D eigenvalue weighted by molar-refractivity contribution is 0.555. The Morgan fingerprint density at radius 1 is 1.57 bits per heavy atom. The first-order chi connectivity index (χ1) is 6.51. The van der Waals surface area contributed by atoms with Gasteiger partial charge < -0.3 is 5.73 Å². The summed E-state index contributed by atoms with van der Waals surface area (Å²) in [6, 6.07) is 0.